The molecule has 7 heteroatoms. The van der Waals surface area contributed by atoms with E-state index >= 15 is 0 Å². The van der Waals surface area contributed by atoms with E-state index in [0.29, 0.717) is 12.5 Å². The number of hydrogen-bond donors (Lipinski definition) is 2. The molecule has 0 aromatic rings. The van der Waals surface area contributed by atoms with Gasteiger partial charge in [-0.2, -0.15) is 8.42 Å². The molecule has 0 radical (unpaired) electrons. The standard InChI is InChI=1S/C24H40O6S/c1-2-3-4-5-6-7-8-9-10-11-12-13-14-15-16-17-18-20-23(27)21(25)19-22(26)24(20)31(28,29)30/h19,26H,2-18H2,1H3,(H,28,29,30). The van der Waals surface area contributed by atoms with Crippen LogP contribution in [0.25, 0.3) is 0 Å². The summed E-state index contributed by atoms with van der Waals surface area (Å²) in [4.78, 5) is 22.7. The van der Waals surface area contributed by atoms with Crippen LogP contribution in [0.3, 0.4) is 0 Å². The summed E-state index contributed by atoms with van der Waals surface area (Å²) in [6, 6.07) is 0. The first-order chi connectivity index (χ1) is 14.8. The van der Waals surface area contributed by atoms with Crippen LogP contribution in [0, 0.1) is 0 Å². The van der Waals surface area contributed by atoms with Crippen molar-refractivity contribution in [3.05, 3.63) is 22.3 Å². The van der Waals surface area contributed by atoms with E-state index in [1.807, 2.05) is 0 Å². The number of carbonyl (C=O) groups is 2. The van der Waals surface area contributed by atoms with Gasteiger partial charge in [-0.05, 0) is 12.8 Å². The fraction of sp³-hybridized carbons (Fsp3) is 0.750. The van der Waals surface area contributed by atoms with E-state index in [1.54, 1.807) is 0 Å². The Hall–Kier alpha value is -1.47. The Morgan fingerprint density at radius 3 is 1.48 bits per heavy atom. The third-order valence-corrected chi connectivity index (χ3v) is 6.78. The van der Waals surface area contributed by atoms with Crippen molar-refractivity contribution in [3.8, 4) is 0 Å². The Labute approximate surface area is 187 Å². The van der Waals surface area contributed by atoms with E-state index in [4.69, 9.17) is 0 Å². The highest BCUT2D eigenvalue weighted by atomic mass is 32.2. The SMILES string of the molecule is CCCCCCCCCCCCCCCCCCC1=C(S(=O)(=O)O)C(O)=CC(=O)C1=O. The Morgan fingerprint density at radius 1 is 0.710 bits per heavy atom. The molecule has 0 bridgehead atoms. The Balaban J connectivity index is 2.11. The molecule has 1 rings (SSSR count). The number of carbonyl (C=O) groups excluding carboxylic acids is 2. The normalized spacial score (nSPS) is 15.0. The fourth-order valence-electron chi connectivity index (χ4n) is 4.03. The lowest BCUT2D eigenvalue weighted by Gasteiger charge is -2.14. The van der Waals surface area contributed by atoms with Crippen LogP contribution in [0.4, 0.5) is 0 Å². The molecule has 0 heterocycles. The second-order valence-corrected chi connectivity index (χ2v) is 9.92. The maximum atomic E-state index is 12.0. The minimum absolute atomic E-state index is 0.0516. The number of allylic oxidation sites excluding steroid dienone is 2. The van der Waals surface area contributed by atoms with Crippen molar-refractivity contribution in [1.82, 2.24) is 0 Å². The molecule has 0 saturated heterocycles. The molecule has 2 N–H and O–H groups in total. The second kappa shape index (κ2) is 15.4. The second-order valence-electron chi connectivity index (χ2n) is 8.56. The third kappa shape index (κ3) is 11.1. The van der Waals surface area contributed by atoms with Gasteiger partial charge in [0.1, 0.15) is 10.7 Å². The number of hydrogen-bond acceptors (Lipinski definition) is 5. The Kier molecular flexibility index (Phi) is 13.7. The lowest BCUT2D eigenvalue weighted by atomic mass is 9.95. The number of Topliss-reactive ketones (excluding diaryl/α,β-unsaturated/α-hetero) is 1. The van der Waals surface area contributed by atoms with Crippen molar-refractivity contribution in [1.29, 1.82) is 0 Å². The van der Waals surface area contributed by atoms with Crippen LogP contribution < -0.4 is 0 Å². The molecule has 0 amide bonds. The van der Waals surface area contributed by atoms with Crippen molar-refractivity contribution in [3.63, 3.8) is 0 Å². The first-order valence-corrected chi connectivity index (χ1v) is 13.4. The topological polar surface area (TPSA) is 109 Å². The molecule has 0 atom stereocenters. The van der Waals surface area contributed by atoms with Crippen molar-refractivity contribution >= 4 is 21.7 Å². The summed E-state index contributed by atoms with van der Waals surface area (Å²) in [5.74, 6) is -2.79. The predicted octanol–water partition coefficient (Wildman–Crippen LogP) is 6.37. The average molecular weight is 457 g/mol. The molecule has 0 aromatic heterocycles. The maximum absolute atomic E-state index is 12.0. The van der Waals surface area contributed by atoms with Crippen LogP contribution in [0.15, 0.2) is 22.3 Å². The predicted molar refractivity (Wildman–Crippen MR) is 123 cm³/mol. The summed E-state index contributed by atoms with van der Waals surface area (Å²) < 4.78 is 32.2. The largest absolute Gasteiger partial charge is 0.506 e. The summed E-state index contributed by atoms with van der Waals surface area (Å²) in [6.07, 6.45) is 19.8. The van der Waals surface area contributed by atoms with Crippen LogP contribution >= 0.6 is 0 Å². The van der Waals surface area contributed by atoms with Crippen molar-refractivity contribution in [2.45, 2.75) is 116 Å². The van der Waals surface area contributed by atoms with Gasteiger partial charge in [-0.15, -0.1) is 0 Å². The van der Waals surface area contributed by atoms with Gasteiger partial charge in [0.15, 0.2) is 0 Å². The zero-order valence-corrected chi connectivity index (χ0v) is 19.9. The molecular weight excluding hydrogens is 416 g/mol. The van der Waals surface area contributed by atoms with Crippen LogP contribution in [0.5, 0.6) is 0 Å². The molecule has 178 valence electrons. The lowest BCUT2D eigenvalue weighted by molar-refractivity contribution is -0.131. The minimum atomic E-state index is -4.76. The molecule has 31 heavy (non-hydrogen) atoms. The fourth-order valence-corrected chi connectivity index (χ4v) is 4.86. The molecule has 1 aliphatic carbocycles. The molecule has 6 nitrogen and oxygen atoms in total. The van der Waals surface area contributed by atoms with Gasteiger partial charge in [0.25, 0.3) is 10.1 Å². The van der Waals surface area contributed by atoms with Crippen molar-refractivity contribution < 1.29 is 27.7 Å². The molecule has 0 fully saturated rings. The van der Waals surface area contributed by atoms with Gasteiger partial charge >= 0.3 is 0 Å². The molecule has 0 saturated carbocycles. The van der Waals surface area contributed by atoms with Crippen LogP contribution in [-0.4, -0.2) is 29.6 Å². The Morgan fingerprint density at radius 2 is 1.10 bits per heavy atom. The first kappa shape index (κ1) is 27.6. The monoisotopic (exact) mass is 456 g/mol. The van der Waals surface area contributed by atoms with E-state index in [9.17, 15) is 27.7 Å². The molecule has 0 aromatic carbocycles. The van der Waals surface area contributed by atoms with Gasteiger partial charge < -0.3 is 5.11 Å². The zero-order valence-electron chi connectivity index (χ0n) is 19.0. The highest BCUT2D eigenvalue weighted by molar-refractivity contribution is 7.90. The number of ketones is 2. The van der Waals surface area contributed by atoms with Crippen molar-refractivity contribution in [2.75, 3.05) is 0 Å². The van der Waals surface area contributed by atoms with Crippen molar-refractivity contribution in [2.24, 2.45) is 0 Å². The lowest BCUT2D eigenvalue weighted by Crippen LogP contribution is -2.24. The van der Waals surface area contributed by atoms with Gasteiger partial charge in [0, 0.05) is 11.6 Å². The summed E-state index contributed by atoms with van der Waals surface area (Å²) >= 11 is 0. The van der Waals surface area contributed by atoms with Crippen LogP contribution in [0.1, 0.15) is 116 Å². The van der Waals surface area contributed by atoms with Gasteiger partial charge in [0.05, 0.1) is 0 Å². The number of unbranched alkanes of at least 4 members (excludes halogenated alkanes) is 15. The highest BCUT2D eigenvalue weighted by Gasteiger charge is 2.34. The smallest absolute Gasteiger partial charge is 0.298 e. The van der Waals surface area contributed by atoms with Crippen LogP contribution in [0.2, 0.25) is 0 Å². The Bertz CT molecular complexity index is 733. The third-order valence-electron chi connectivity index (χ3n) is 5.81. The molecule has 0 unspecified atom stereocenters. The van der Waals surface area contributed by atoms with Gasteiger partial charge in [0.2, 0.25) is 11.6 Å². The first-order valence-electron chi connectivity index (χ1n) is 12.0. The van der Waals surface area contributed by atoms with Crippen LogP contribution in [-0.2, 0) is 19.7 Å². The van der Waals surface area contributed by atoms with Gasteiger partial charge in [-0.3, -0.25) is 14.1 Å². The summed E-state index contributed by atoms with van der Waals surface area (Å²) in [5.41, 5.74) is -0.308. The van der Waals surface area contributed by atoms with E-state index in [1.165, 1.54) is 70.6 Å². The zero-order chi connectivity index (χ0) is 23.1. The van der Waals surface area contributed by atoms with E-state index in [0.717, 1.165) is 25.7 Å². The number of aliphatic hydroxyl groups excluding tert-OH is 1. The van der Waals surface area contributed by atoms with E-state index in [2.05, 4.69) is 6.92 Å². The molecular formula is C24H40O6S. The van der Waals surface area contributed by atoms with E-state index < -0.39 is 32.3 Å². The maximum Gasteiger partial charge on any atom is 0.298 e. The van der Waals surface area contributed by atoms with E-state index in [-0.39, 0.29) is 12.0 Å². The number of rotatable bonds is 18. The summed E-state index contributed by atoms with van der Waals surface area (Å²) in [5, 5.41) is 9.69. The highest BCUT2D eigenvalue weighted by Crippen LogP contribution is 2.28. The van der Waals surface area contributed by atoms with Gasteiger partial charge in [-0.1, -0.05) is 103 Å². The molecule has 0 aliphatic heterocycles. The molecule has 0 spiro atoms. The minimum Gasteiger partial charge on any atom is -0.506 e. The number of aliphatic hydroxyl groups is 1. The molecule has 1 aliphatic rings. The van der Waals surface area contributed by atoms with Gasteiger partial charge in [-0.25, -0.2) is 0 Å². The average Bonchev–Trinajstić information content (AvgIpc) is 2.70. The summed E-state index contributed by atoms with van der Waals surface area (Å²) in [7, 11) is -4.76. The summed E-state index contributed by atoms with van der Waals surface area (Å²) in [6.45, 7) is 2.24. The quantitative estimate of drug-likeness (QED) is 0.107.